The lowest BCUT2D eigenvalue weighted by atomic mass is 9.96. The monoisotopic (exact) mass is 647 g/mol. The Morgan fingerprint density at radius 3 is 2.19 bits per heavy atom. The Hall–Kier alpha value is -3.33. The van der Waals surface area contributed by atoms with Crippen molar-refractivity contribution in [3.05, 3.63) is 64.0 Å². The third kappa shape index (κ3) is 7.35. The van der Waals surface area contributed by atoms with Crippen LogP contribution < -0.4 is 0 Å². The average Bonchev–Trinajstić information content (AvgIpc) is 3.39. The molecule has 0 radical (unpaired) electrons. The minimum Gasteiger partial charge on any atom is -0.463 e. The second kappa shape index (κ2) is 13.3. The Morgan fingerprint density at radius 1 is 0.952 bits per heavy atom. The van der Waals surface area contributed by atoms with Crippen molar-refractivity contribution < 1.29 is 46.5 Å². The zero-order valence-corrected chi connectivity index (χ0v) is 24.4. The summed E-state index contributed by atoms with van der Waals surface area (Å²) in [5.41, 5.74) is -1.25. The number of ether oxygens (including phenoxy) is 4. The van der Waals surface area contributed by atoms with Crippen LogP contribution >= 0.6 is 35.0 Å². The number of carbonyl (C=O) groups excluding carboxylic acids is 3. The molecule has 2 heterocycles. The summed E-state index contributed by atoms with van der Waals surface area (Å²) in [5, 5.41) is 8.53. The summed E-state index contributed by atoms with van der Waals surface area (Å²) in [6.07, 6.45) is -2.36. The van der Waals surface area contributed by atoms with E-state index >= 15 is 0 Å². The smallest absolute Gasteiger partial charge is 0.303 e. The average molecular weight is 648 g/mol. The molecule has 16 heteroatoms. The second-order valence-electron chi connectivity index (χ2n) is 9.02. The van der Waals surface area contributed by atoms with Gasteiger partial charge in [0.1, 0.15) is 29.9 Å². The van der Waals surface area contributed by atoms with Crippen molar-refractivity contribution in [2.75, 3.05) is 6.61 Å². The van der Waals surface area contributed by atoms with E-state index in [-0.39, 0.29) is 22.9 Å². The summed E-state index contributed by atoms with van der Waals surface area (Å²) in [6.45, 7) is 3.09. The Balaban J connectivity index is 1.82. The van der Waals surface area contributed by atoms with E-state index in [4.69, 9.17) is 42.1 Å². The van der Waals surface area contributed by atoms with E-state index in [1.807, 2.05) is 0 Å². The first-order valence-corrected chi connectivity index (χ1v) is 13.8. The molecule has 1 aliphatic rings. The van der Waals surface area contributed by atoms with E-state index < -0.39 is 65.1 Å². The predicted octanol–water partition coefficient (Wildman–Crippen LogP) is 5.15. The van der Waals surface area contributed by atoms with Crippen molar-refractivity contribution in [2.24, 2.45) is 0 Å². The van der Waals surface area contributed by atoms with Crippen LogP contribution in [0.25, 0.3) is 11.3 Å². The number of carbonyl (C=O) groups is 3. The zero-order valence-electron chi connectivity index (χ0n) is 22.1. The molecule has 2 aromatic carbocycles. The zero-order chi connectivity index (χ0) is 30.7. The summed E-state index contributed by atoms with van der Waals surface area (Å²) in [5.74, 6) is -6.66. The summed E-state index contributed by atoms with van der Waals surface area (Å²) < 4.78 is 65.2. The molecule has 3 aromatic rings. The Morgan fingerprint density at radius 2 is 1.60 bits per heavy atom. The minimum atomic E-state index is -1.66. The molecule has 0 aliphatic carbocycles. The lowest BCUT2D eigenvalue weighted by molar-refractivity contribution is -0.212. The summed E-state index contributed by atoms with van der Waals surface area (Å²) in [7, 11) is 0. The number of hydrogen-bond acceptors (Lipinski definition) is 10. The summed E-state index contributed by atoms with van der Waals surface area (Å²) >= 11 is 13.3. The fourth-order valence-corrected chi connectivity index (χ4v) is 5.73. The van der Waals surface area contributed by atoms with Crippen LogP contribution in [0, 0.1) is 17.5 Å². The van der Waals surface area contributed by atoms with Crippen molar-refractivity contribution in [1.82, 2.24) is 15.0 Å². The van der Waals surface area contributed by atoms with Crippen LogP contribution in [0.4, 0.5) is 13.2 Å². The number of nitrogens with zero attached hydrogens (tertiary/aromatic N) is 3. The third-order valence-electron chi connectivity index (χ3n) is 5.91. The van der Waals surface area contributed by atoms with Gasteiger partial charge in [0, 0.05) is 31.2 Å². The standard InChI is InChI=1S/C26H22Cl2F3N3O7S/c1-11(35)38-10-21-24(39-12(2)36)23(34-9-20(32-33-34)14-6-18(29)22(31)19(30)7-14)25(40-13(3)37)26(41-21)42-15-4-5-16(27)17(28)8-15/h4-9,21,23-26H,10H2,1-3H3/t21-,23+,24+,25-,26-/m1/s1. The maximum atomic E-state index is 13.9. The first-order valence-electron chi connectivity index (χ1n) is 12.2. The van der Waals surface area contributed by atoms with E-state index in [2.05, 4.69) is 10.3 Å². The van der Waals surface area contributed by atoms with Gasteiger partial charge in [0.05, 0.1) is 16.2 Å². The number of hydrogen-bond donors (Lipinski definition) is 0. The molecule has 4 rings (SSSR count). The highest BCUT2D eigenvalue weighted by atomic mass is 35.5. The highest BCUT2D eigenvalue weighted by Crippen LogP contribution is 2.42. The van der Waals surface area contributed by atoms with Gasteiger partial charge in [0.25, 0.3) is 0 Å². The molecule has 224 valence electrons. The maximum absolute atomic E-state index is 13.9. The van der Waals surface area contributed by atoms with Gasteiger partial charge >= 0.3 is 17.9 Å². The van der Waals surface area contributed by atoms with Gasteiger partial charge in [-0.25, -0.2) is 17.9 Å². The fourth-order valence-electron chi connectivity index (χ4n) is 4.22. The Bertz CT molecular complexity index is 1490. The molecule has 0 bridgehead atoms. The number of thioether (sulfide) groups is 1. The van der Waals surface area contributed by atoms with Crippen molar-refractivity contribution in [3.8, 4) is 11.3 Å². The van der Waals surface area contributed by atoms with E-state index in [1.165, 1.54) is 17.8 Å². The largest absolute Gasteiger partial charge is 0.463 e. The van der Waals surface area contributed by atoms with Crippen molar-refractivity contribution in [3.63, 3.8) is 0 Å². The van der Waals surface area contributed by atoms with Crippen LogP contribution in [0.3, 0.4) is 0 Å². The van der Waals surface area contributed by atoms with Crippen LogP contribution in [0.15, 0.2) is 41.4 Å². The molecule has 1 aliphatic heterocycles. The summed E-state index contributed by atoms with van der Waals surface area (Å²) in [4.78, 5) is 36.7. The molecule has 0 saturated carbocycles. The predicted molar refractivity (Wildman–Crippen MR) is 143 cm³/mol. The molecule has 0 amide bonds. The quantitative estimate of drug-likeness (QED) is 0.184. The van der Waals surface area contributed by atoms with E-state index in [9.17, 15) is 27.6 Å². The van der Waals surface area contributed by atoms with E-state index in [1.54, 1.807) is 18.2 Å². The molecular formula is C26H22Cl2F3N3O7S. The van der Waals surface area contributed by atoms with Crippen LogP contribution in [-0.2, 0) is 33.3 Å². The van der Waals surface area contributed by atoms with Gasteiger partial charge in [-0.2, -0.15) is 0 Å². The molecule has 1 fully saturated rings. The van der Waals surface area contributed by atoms with Crippen LogP contribution in [0.1, 0.15) is 26.8 Å². The van der Waals surface area contributed by atoms with Gasteiger partial charge in [-0.05, 0) is 30.3 Å². The molecule has 1 saturated heterocycles. The second-order valence-corrected chi connectivity index (χ2v) is 11.0. The first kappa shape index (κ1) is 31.6. The third-order valence-corrected chi connectivity index (χ3v) is 7.79. The van der Waals surface area contributed by atoms with Gasteiger partial charge < -0.3 is 18.9 Å². The number of halogens is 5. The van der Waals surface area contributed by atoms with Crippen LogP contribution in [0.2, 0.25) is 10.0 Å². The van der Waals surface area contributed by atoms with Gasteiger partial charge in [-0.15, -0.1) is 5.10 Å². The van der Waals surface area contributed by atoms with Crippen LogP contribution in [0.5, 0.6) is 0 Å². The van der Waals surface area contributed by atoms with Crippen molar-refractivity contribution in [1.29, 1.82) is 0 Å². The molecule has 42 heavy (non-hydrogen) atoms. The molecular weight excluding hydrogens is 626 g/mol. The molecule has 5 atom stereocenters. The number of rotatable bonds is 8. The van der Waals surface area contributed by atoms with Crippen LogP contribution in [-0.4, -0.2) is 63.3 Å². The Kier molecular flexibility index (Phi) is 10.0. The Labute approximate surface area is 251 Å². The molecule has 1 aromatic heterocycles. The molecule has 0 N–H and O–H groups in total. The van der Waals surface area contributed by atoms with E-state index in [0.29, 0.717) is 9.92 Å². The highest BCUT2D eigenvalue weighted by Gasteiger charge is 2.52. The van der Waals surface area contributed by atoms with Gasteiger partial charge in [-0.3, -0.25) is 14.4 Å². The first-order chi connectivity index (χ1) is 19.8. The number of esters is 3. The van der Waals surface area contributed by atoms with Crippen molar-refractivity contribution in [2.45, 2.75) is 55.5 Å². The SMILES string of the molecule is CC(=O)OC[C@H]1O[C@H](Sc2ccc(Cl)c(Cl)c2)[C@H](OC(C)=O)[C@@H](n2cc(-c3cc(F)c(F)c(F)c3)nn2)[C@H]1OC(C)=O. The number of benzene rings is 2. The van der Waals surface area contributed by atoms with E-state index in [0.717, 1.165) is 37.7 Å². The summed E-state index contributed by atoms with van der Waals surface area (Å²) in [6, 6.07) is 5.06. The van der Waals surface area contributed by atoms with Crippen molar-refractivity contribution >= 4 is 52.9 Å². The minimum absolute atomic E-state index is 0.0762. The molecule has 0 spiro atoms. The fraction of sp³-hybridized carbons (Fsp3) is 0.346. The molecule has 10 nitrogen and oxygen atoms in total. The highest BCUT2D eigenvalue weighted by molar-refractivity contribution is 7.99. The normalized spacial score (nSPS) is 22.0. The lowest BCUT2D eigenvalue weighted by Crippen LogP contribution is -2.57. The topological polar surface area (TPSA) is 119 Å². The lowest BCUT2D eigenvalue weighted by Gasteiger charge is -2.44. The van der Waals surface area contributed by atoms with Gasteiger partial charge in [0.15, 0.2) is 29.7 Å². The maximum Gasteiger partial charge on any atom is 0.303 e. The number of aromatic nitrogens is 3. The van der Waals surface area contributed by atoms with Gasteiger partial charge in [-0.1, -0.05) is 40.2 Å². The molecule has 0 unspecified atom stereocenters. The van der Waals surface area contributed by atoms with Gasteiger partial charge in [0.2, 0.25) is 0 Å².